The number of esters is 2. The van der Waals surface area contributed by atoms with Crippen molar-refractivity contribution in [1.82, 2.24) is 0 Å². The molecule has 0 aromatic heterocycles. The summed E-state index contributed by atoms with van der Waals surface area (Å²) < 4.78 is 16.9. The monoisotopic (exact) mass is 376 g/mol. The average molecular weight is 376 g/mol. The molecule has 5 aliphatic rings. The van der Waals surface area contributed by atoms with E-state index in [2.05, 4.69) is 6.58 Å². The van der Waals surface area contributed by atoms with E-state index in [4.69, 9.17) is 14.2 Å². The van der Waals surface area contributed by atoms with E-state index in [1.165, 1.54) is 19.8 Å². The Kier molecular flexibility index (Phi) is 3.50. The van der Waals surface area contributed by atoms with Crippen molar-refractivity contribution < 1.29 is 28.9 Å². The van der Waals surface area contributed by atoms with E-state index in [1.54, 1.807) is 0 Å². The topological polar surface area (TPSA) is 82.1 Å². The highest BCUT2D eigenvalue weighted by molar-refractivity contribution is 5.86. The molecular formula is C21H28O6. The van der Waals surface area contributed by atoms with Crippen molar-refractivity contribution in [3.63, 3.8) is 0 Å². The number of aliphatic hydroxyl groups excluding tert-OH is 1. The van der Waals surface area contributed by atoms with Gasteiger partial charge >= 0.3 is 11.9 Å². The Morgan fingerprint density at radius 3 is 2.81 bits per heavy atom. The van der Waals surface area contributed by atoms with E-state index in [0.29, 0.717) is 18.8 Å². The van der Waals surface area contributed by atoms with Crippen LogP contribution < -0.4 is 0 Å². The van der Waals surface area contributed by atoms with Crippen molar-refractivity contribution in [2.45, 2.75) is 50.2 Å². The van der Waals surface area contributed by atoms with Gasteiger partial charge in [0.15, 0.2) is 0 Å². The van der Waals surface area contributed by atoms with Gasteiger partial charge in [0.2, 0.25) is 0 Å². The summed E-state index contributed by atoms with van der Waals surface area (Å²) in [6.45, 7) is 4.37. The molecule has 0 unspecified atom stereocenters. The average Bonchev–Trinajstić information content (AvgIpc) is 3.11. The Balaban J connectivity index is 1.74. The first kappa shape index (κ1) is 17.7. The van der Waals surface area contributed by atoms with Crippen LogP contribution in [0.15, 0.2) is 12.2 Å². The molecule has 5 rings (SSSR count). The van der Waals surface area contributed by atoms with Crippen LogP contribution in [0.1, 0.15) is 38.5 Å². The first-order chi connectivity index (χ1) is 12.9. The summed E-state index contributed by atoms with van der Waals surface area (Å²) >= 11 is 0. The smallest absolute Gasteiger partial charge is 0.318 e. The molecule has 4 aliphatic carbocycles. The molecular weight excluding hydrogens is 348 g/mol. The predicted octanol–water partition coefficient (Wildman–Crippen LogP) is 1.85. The Bertz CT molecular complexity index is 732. The Labute approximate surface area is 159 Å². The maximum Gasteiger partial charge on any atom is 0.318 e. The van der Waals surface area contributed by atoms with Gasteiger partial charge in [0.25, 0.3) is 0 Å². The molecule has 1 saturated heterocycles. The second-order valence-electron chi connectivity index (χ2n) is 9.45. The van der Waals surface area contributed by atoms with E-state index in [9.17, 15) is 14.7 Å². The summed E-state index contributed by atoms with van der Waals surface area (Å²) in [6.07, 6.45) is 3.89. The number of carbonyl (C=O) groups is 2. The zero-order chi connectivity index (χ0) is 19.2. The van der Waals surface area contributed by atoms with Gasteiger partial charge in [-0.1, -0.05) is 12.2 Å². The molecule has 4 saturated carbocycles. The zero-order valence-electron chi connectivity index (χ0n) is 16.0. The molecule has 4 bridgehead atoms. The molecule has 6 heteroatoms. The highest BCUT2D eigenvalue weighted by Crippen LogP contribution is 2.78. The van der Waals surface area contributed by atoms with Crippen LogP contribution in [0, 0.1) is 34.5 Å². The van der Waals surface area contributed by atoms with Crippen molar-refractivity contribution in [1.29, 1.82) is 0 Å². The lowest BCUT2D eigenvalue weighted by Gasteiger charge is -2.45. The van der Waals surface area contributed by atoms with E-state index in [1.807, 2.05) is 0 Å². The number of hydrogen-bond acceptors (Lipinski definition) is 6. The normalized spacial score (nSPS) is 52.3. The summed E-state index contributed by atoms with van der Waals surface area (Å²) in [5, 5.41) is 11.0. The Morgan fingerprint density at radius 1 is 1.33 bits per heavy atom. The molecule has 0 aromatic rings. The number of hydrogen-bond donors (Lipinski definition) is 1. The van der Waals surface area contributed by atoms with Crippen molar-refractivity contribution in [3.8, 4) is 0 Å². The van der Waals surface area contributed by atoms with Gasteiger partial charge in [0.1, 0.15) is 11.0 Å². The maximum atomic E-state index is 13.2. The van der Waals surface area contributed by atoms with Gasteiger partial charge in [-0.25, -0.2) is 0 Å². The lowest BCUT2D eigenvalue weighted by atomic mass is 9.58. The molecule has 1 heterocycles. The summed E-state index contributed by atoms with van der Waals surface area (Å²) in [6, 6.07) is 0. The van der Waals surface area contributed by atoms with E-state index in [0.717, 1.165) is 25.7 Å². The fourth-order valence-corrected chi connectivity index (χ4v) is 8.07. The fourth-order valence-electron chi connectivity index (χ4n) is 8.07. The van der Waals surface area contributed by atoms with Crippen molar-refractivity contribution in [3.05, 3.63) is 12.2 Å². The largest absolute Gasteiger partial charge is 0.469 e. The van der Waals surface area contributed by atoms with Crippen LogP contribution in [0.3, 0.4) is 0 Å². The van der Waals surface area contributed by atoms with Crippen LogP contribution in [0.5, 0.6) is 0 Å². The first-order valence-corrected chi connectivity index (χ1v) is 10.0. The first-order valence-electron chi connectivity index (χ1n) is 10.0. The maximum absolute atomic E-state index is 13.2. The summed E-state index contributed by atoms with van der Waals surface area (Å²) in [5.41, 5.74) is -0.938. The second kappa shape index (κ2) is 5.35. The van der Waals surface area contributed by atoms with Gasteiger partial charge in [0, 0.05) is 18.9 Å². The minimum atomic E-state index is -1.18. The lowest BCUT2D eigenvalue weighted by Crippen LogP contribution is -2.56. The van der Waals surface area contributed by atoms with Gasteiger partial charge in [-0.3, -0.25) is 9.59 Å². The van der Waals surface area contributed by atoms with Crippen LogP contribution in [-0.2, 0) is 23.8 Å². The van der Waals surface area contributed by atoms with Crippen molar-refractivity contribution >= 4 is 11.9 Å². The van der Waals surface area contributed by atoms with Crippen LogP contribution in [0.2, 0.25) is 0 Å². The second-order valence-corrected chi connectivity index (χ2v) is 9.45. The highest BCUT2D eigenvalue weighted by atomic mass is 16.6. The zero-order valence-corrected chi connectivity index (χ0v) is 16.0. The quantitative estimate of drug-likeness (QED) is 0.598. The summed E-state index contributed by atoms with van der Waals surface area (Å²) in [7, 11) is 2.94. The molecule has 6 nitrogen and oxygen atoms in total. The number of fused-ring (bicyclic) bond motifs is 1. The SMILES string of the molecule is C=C1C[C@]23C[C@H]1CC[C@H]2[C@@]12CC[C@H](O)[C@](COC)(C(=O)O1)[C@H]2[C@@H]3C(=O)OC. The van der Waals surface area contributed by atoms with Crippen LogP contribution in [0.4, 0.5) is 0 Å². The van der Waals surface area contributed by atoms with Crippen LogP contribution in [-0.4, -0.2) is 49.6 Å². The number of allylic oxidation sites excluding steroid dienone is 1. The molecule has 1 spiro atoms. The summed E-state index contributed by atoms with van der Waals surface area (Å²) in [5.74, 6) is -1.00. The standard InChI is InChI=1S/C21H28O6/c1-11-8-19-9-12(11)4-5-13(19)21-7-6-14(22)20(10-25-2,18(24)27-21)16(21)15(19)17(23)26-3/h12-16,22H,1,4-10H2,2-3H3/t12-,13-,14+,15-,16-,19+,20+,21-/m1/s1. The third-order valence-corrected chi connectivity index (χ3v) is 8.79. The molecule has 5 fully saturated rings. The van der Waals surface area contributed by atoms with E-state index in [-0.39, 0.29) is 23.9 Å². The third kappa shape index (κ3) is 1.76. The van der Waals surface area contributed by atoms with E-state index < -0.39 is 34.9 Å². The van der Waals surface area contributed by atoms with Gasteiger partial charge in [-0.2, -0.15) is 0 Å². The minimum absolute atomic E-state index is 0.0695. The Morgan fingerprint density at radius 2 is 2.11 bits per heavy atom. The molecule has 0 radical (unpaired) electrons. The molecule has 27 heavy (non-hydrogen) atoms. The minimum Gasteiger partial charge on any atom is -0.469 e. The molecule has 1 N–H and O–H groups in total. The molecule has 148 valence electrons. The number of rotatable bonds is 3. The highest BCUT2D eigenvalue weighted by Gasteiger charge is 2.84. The number of methoxy groups -OCH3 is 2. The molecule has 0 aromatic carbocycles. The number of aliphatic hydroxyl groups is 1. The number of ether oxygens (including phenoxy) is 3. The van der Waals surface area contributed by atoms with Gasteiger partial charge < -0.3 is 19.3 Å². The van der Waals surface area contributed by atoms with E-state index >= 15 is 0 Å². The van der Waals surface area contributed by atoms with Gasteiger partial charge in [-0.05, 0) is 49.9 Å². The van der Waals surface area contributed by atoms with Crippen LogP contribution >= 0.6 is 0 Å². The van der Waals surface area contributed by atoms with Gasteiger partial charge in [0.05, 0.1) is 25.7 Å². The lowest BCUT2D eigenvalue weighted by molar-refractivity contribution is -0.168. The molecule has 1 aliphatic heterocycles. The summed E-state index contributed by atoms with van der Waals surface area (Å²) in [4.78, 5) is 26.3. The van der Waals surface area contributed by atoms with Gasteiger partial charge in [-0.15, -0.1) is 0 Å². The number of carbonyl (C=O) groups excluding carboxylic acids is 2. The Hall–Kier alpha value is -1.40. The third-order valence-electron chi connectivity index (χ3n) is 8.79. The van der Waals surface area contributed by atoms with Crippen LogP contribution in [0.25, 0.3) is 0 Å². The fraction of sp³-hybridized carbons (Fsp3) is 0.810. The molecule has 8 atom stereocenters. The predicted molar refractivity (Wildman–Crippen MR) is 94.4 cm³/mol. The van der Waals surface area contributed by atoms with Crippen molar-refractivity contribution in [2.24, 2.45) is 34.5 Å². The van der Waals surface area contributed by atoms with Crippen molar-refractivity contribution in [2.75, 3.05) is 20.8 Å². The molecule has 0 amide bonds.